The van der Waals surface area contributed by atoms with E-state index in [4.69, 9.17) is 0 Å². The molecule has 74 valence electrons. The lowest BCUT2D eigenvalue weighted by Gasteiger charge is -1.96. The van der Waals surface area contributed by atoms with Crippen LogP contribution in [0.1, 0.15) is 30.8 Å². The van der Waals surface area contributed by atoms with Crippen molar-refractivity contribution >= 4 is 21.6 Å². The molecule has 0 spiro atoms. The van der Waals surface area contributed by atoms with Crippen LogP contribution in [0, 0.1) is 0 Å². The van der Waals surface area contributed by atoms with Crippen LogP contribution in [0.2, 0.25) is 0 Å². The van der Waals surface area contributed by atoms with Gasteiger partial charge >= 0.3 is 0 Å². The van der Waals surface area contributed by atoms with Gasteiger partial charge in [-0.15, -0.1) is 11.3 Å². The van der Waals surface area contributed by atoms with Crippen molar-refractivity contribution in [1.29, 1.82) is 0 Å². The van der Waals surface area contributed by atoms with Gasteiger partial charge in [-0.1, -0.05) is 26.3 Å². The smallest absolute Gasteiger partial charge is 0.0935 e. The molecule has 14 heavy (non-hydrogen) atoms. The van der Waals surface area contributed by atoms with Gasteiger partial charge < -0.3 is 0 Å². The minimum Gasteiger partial charge on any atom is -0.241 e. The number of benzene rings is 1. The Balaban J connectivity index is 2.43. The van der Waals surface area contributed by atoms with E-state index in [1.165, 1.54) is 28.1 Å². The first-order chi connectivity index (χ1) is 6.83. The summed E-state index contributed by atoms with van der Waals surface area (Å²) < 4.78 is 1.34. The number of nitrogens with zero attached hydrogens (tertiary/aromatic N) is 1. The lowest BCUT2D eigenvalue weighted by Crippen LogP contribution is -1.81. The second-order valence-electron chi connectivity index (χ2n) is 3.51. The van der Waals surface area contributed by atoms with Gasteiger partial charge in [0.25, 0.3) is 0 Å². The zero-order chi connectivity index (χ0) is 9.97. The molecule has 1 heterocycles. The number of aryl methyl sites for hydroxylation is 2. The molecule has 0 bridgehead atoms. The van der Waals surface area contributed by atoms with Gasteiger partial charge in [-0.05, 0) is 30.5 Å². The van der Waals surface area contributed by atoms with Gasteiger partial charge in [-0.2, -0.15) is 0 Å². The molecule has 0 saturated heterocycles. The fourth-order valence-electron chi connectivity index (χ4n) is 1.61. The monoisotopic (exact) mass is 205 g/mol. The van der Waals surface area contributed by atoms with E-state index in [1.807, 2.05) is 11.3 Å². The molecule has 0 aliphatic heterocycles. The molecular weight excluding hydrogens is 190 g/mol. The minimum atomic E-state index is 1.04. The maximum Gasteiger partial charge on any atom is 0.0935 e. The summed E-state index contributed by atoms with van der Waals surface area (Å²) in [4.78, 5) is 4.55. The van der Waals surface area contributed by atoms with E-state index in [2.05, 4.69) is 37.0 Å². The normalized spacial score (nSPS) is 11.0. The van der Waals surface area contributed by atoms with E-state index in [1.54, 1.807) is 0 Å². The summed E-state index contributed by atoms with van der Waals surface area (Å²) in [5.74, 6) is 0. The van der Waals surface area contributed by atoms with Gasteiger partial charge in [0, 0.05) is 0 Å². The molecule has 0 aliphatic rings. The lowest BCUT2D eigenvalue weighted by atomic mass is 10.1. The molecule has 1 aromatic heterocycles. The summed E-state index contributed by atoms with van der Waals surface area (Å²) in [6, 6.07) is 6.64. The molecule has 0 atom stereocenters. The number of fused-ring (bicyclic) bond motifs is 1. The van der Waals surface area contributed by atoms with Crippen molar-refractivity contribution in [3.05, 3.63) is 28.8 Å². The molecule has 0 radical (unpaired) electrons. The molecule has 0 unspecified atom stereocenters. The van der Waals surface area contributed by atoms with Crippen LogP contribution in [0.4, 0.5) is 0 Å². The SMILES string of the molecule is CCCc1ccc2nc(CC)sc2c1. The van der Waals surface area contributed by atoms with Crippen molar-refractivity contribution in [2.24, 2.45) is 0 Å². The molecule has 2 aromatic rings. The van der Waals surface area contributed by atoms with Crippen molar-refractivity contribution in [3.63, 3.8) is 0 Å². The zero-order valence-electron chi connectivity index (χ0n) is 8.71. The zero-order valence-corrected chi connectivity index (χ0v) is 9.53. The fourth-order valence-corrected chi connectivity index (χ4v) is 2.58. The second kappa shape index (κ2) is 4.09. The Hall–Kier alpha value is -0.890. The first-order valence-electron chi connectivity index (χ1n) is 5.21. The predicted molar refractivity (Wildman–Crippen MR) is 63.0 cm³/mol. The number of aromatic nitrogens is 1. The second-order valence-corrected chi connectivity index (χ2v) is 4.63. The maximum absolute atomic E-state index is 4.55. The van der Waals surface area contributed by atoms with Gasteiger partial charge in [-0.3, -0.25) is 0 Å². The first-order valence-corrected chi connectivity index (χ1v) is 6.03. The predicted octanol–water partition coefficient (Wildman–Crippen LogP) is 3.81. The minimum absolute atomic E-state index is 1.04. The molecule has 0 aliphatic carbocycles. The van der Waals surface area contributed by atoms with Crippen LogP contribution in [0.5, 0.6) is 0 Å². The molecule has 2 heteroatoms. The third kappa shape index (κ3) is 1.80. The molecule has 0 fully saturated rings. The van der Waals surface area contributed by atoms with Crippen LogP contribution in [0.15, 0.2) is 18.2 Å². The van der Waals surface area contributed by atoms with Crippen molar-refractivity contribution < 1.29 is 0 Å². The van der Waals surface area contributed by atoms with Crippen LogP contribution in [0.3, 0.4) is 0 Å². The van der Waals surface area contributed by atoms with Gasteiger partial charge in [0.2, 0.25) is 0 Å². The highest BCUT2D eigenvalue weighted by atomic mass is 32.1. The van der Waals surface area contributed by atoms with Crippen molar-refractivity contribution in [1.82, 2.24) is 4.98 Å². The standard InChI is InChI=1S/C12H15NS/c1-3-5-9-6-7-10-11(8-9)14-12(4-2)13-10/h6-8H,3-5H2,1-2H3. The molecule has 1 aromatic carbocycles. The van der Waals surface area contributed by atoms with Gasteiger partial charge in [-0.25, -0.2) is 4.98 Å². The highest BCUT2D eigenvalue weighted by Gasteiger charge is 2.02. The quantitative estimate of drug-likeness (QED) is 0.742. The van der Waals surface area contributed by atoms with Crippen LogP contribution in [0.25, 0.3) is 10.2 Å². The molecule has 1 nitrogen and oxygen atoms in total. The molecule has 0 amide bonds. The van der Waals surface area contributed by atoms with E-state index in [0.717, 1.165) is 11.9 Å². The van der Waals surface area contributed by atoms with Crippen LogP contribution < -0.4 is 0 Å². The van der Waals surface area contributed by atoms with Crippen LogP contribution in [-0.4, -0.2) is 4.98 Å². The van der Waals surface area contributed by atoms with Crippen molar-refractivity contribution in [3.8, 4) is 0 Å². The average Bonchev–Trinajstić information content (AvgIpc) is 2.60. The molecule has 2 rings (SSSR count). The van der Waals surface area contributed by atoms with Gasteiger partial charge in [0.05, 0.1) is 15.2 Å². The van der Waals surface area contributed by atoms with Crippen LogP contribution in [-0.2, 0) is 12.8 Å². The number of rotatable bonds is 3. The molecule has 0 saturated carbocycles. The Morgan fingerprint density at radius 2 is 2.14 bits per heavy atom. The number of thiazole rings is 1. The fraction of sp³-hybridized carbons (Fsp3) is 0.417. The highest BCUT2D eigenvalue weighted by molar-refractivity contribution is 7.18. The van der Waals surface area contributed by atoms with E-state index in [0.29, 0.717) is 0 Å². The van der Waals surface area contributed by atoms with Gasteiger partial charge in [0.15, 0.2) is 0 Å². The summed E-state index contributed by atoms with van der Waals surface area (Å²) in [6.07, 6.45) is 3.43. The van der Waals surface area contributed by atoms with Crippen molar-refractivity contribution in [2.75, 3.05) is 0 Å². The molecular formula is C12H15NS. The Morgan fingerprint density at radius 1 is 1.29 bits per heavy atom. The topological polar surface area (TPSA) is 12.9 Å². The van der Waals surface area contributed by atoms with E-state index in [-0.39, 0.29) is 0 Å². The summed E-state index contributed by atoms with van der Waals surface area (Å²) in [6.45, 7) is 4.37. The van der Waals surface area contributed by atoms with E-state index >= 15 is 0 Å². The van der Waals surface area contributed by atoms with Crippen molar-refractivity contribution in [2.45, 2.75) is 33.1 Å². The first kappa shape index (κ1) is 9.66. The number of hydrogen-bond acceptors (Lipinski definition) is 2. The lowest BCUT2D eigenvalue weighted by molar-refractivity contribution is 0.924. The summed E-state index contributed by atoms with van der Waals surface area (Å²) in [5, 5.41) is 1.24. The van der Waals surface area contributed by atoms with Gasteiger partial charge in [0.1, 0.15) is 0 Å². The Bertz CT molecular complexity index is 431. The third-order valence-corrected chi connectivity index (χ3v) is 3.50. The molecule has 0 N–H and O–H groups in total. The summed E-state index contributed by atoms with van der Waals surface area (Å²) in [5.41, 5.74) is 2.60. The summed E-state index contributed by atoms with van der Waals surface area (Å²) in [7, 11) is 0. The largest absolute Gasteiger partial charge is 0.241 e. The third-order valence-electron chi connectivity index (χ3n) is 2.34. The Morgan fingerprint density at radius 3 is 2.86 bits per heavy atom. The average molecular weight is 205 g/mol. The maximum atomic E-state index is 4.55. The number of hydrogen-bond donors (Lipinski definition) is 0. The van der Waals surface area contributed by atoms with Crippen LogP contribution >= 0.6 is 11.3 Å². The summed E-state index contributed by atoms with van der Waals surface area (Å²) >= 11 is 1.83. The highest BCUT2D eigenvalue weighted by Crippen LogP contribution is 2.23. The van der Waals surface area contributed by atoms with E-state index in [9.17, 15) is 0 Å². The van der Waals surface area contributed by atoms with E-state index < -0.39 is 0 Å². The Labute approximate surface area is 88.8 Å². The Kier molecular flexibility index (Phi) is 2.82.